The summed E-state index contributed by atoms with van der Waals surface area (Å²) in [5.74, 6) is -1.25. The lowest BCUT2D eigenvalue weighted by atomic mass is 10.6. The van der Waals surface area contributed by atoms with E-state index in [-0.39, 0.29) is 9.90 Å². The van der Waals surface area contributed by atoms with Gasteiger partial charge in [0.05, 0.1) is 10.3 Å². The van der Waals surface area contributed by atoms with Crippen molar-refractivity contribution in [3.8, 4) is 0 Å². The molecule has 0 amide bonds. The number of nitrogens with zero attached hydrogens (tertiary/aromatic N) is 1. The number of aromatic carboxylic acids is 1. The summed E-state index contributed by atoms with van der Waals surface area (Å²) in [5.41, 5.74) is 0. The highest BCUT2D eigenvalue weighted by Gasteiger charge is 2.29. The van der Waals surface area contributed by atoms with E-state index in [4.69, 9.17) is 5.11 Å². The van der Waals surface area contributed by atoms with E-state index < -0.39 is 21.1 Å². The number of hydrogen-bond acceptors (Lipinski definition) is 5. The van der Waals surface area contributed by atoms with Crippen molar-refractivity contribution in [1.82, 2.24) is 4.98 Å². The number of carboxylic acids is 1. The molecule has 1 aromatic rings. The zero-order chi connectivity index (χ0) is 11.8. The summed E-state index contributed by atoms with van der Waals surface area (Å²) in [6, 6.07) is 0. The Morgan fingerprint density at radius 1 is 1.47 bits per heavy atom. The average molecular weight is 249 g/mol. The fourth-order valence-corrected chi connectivity index (χ4v) is 3.20. The highest BCUT2D eigenvalue weighted by Crippen LogP contribution is 2.25. The first kappa shape index (κ1) is 12.1. The van der Waals surface area contributed by atoms with Gasteiger partial charge in [-0.15, -0.1) is 11.3 Å². The van der Waals surface area contributed by atoms with Crippen LogP contribution < -0.4 is 0 Å². The van der Waals surface area contributed by atoms with Crippen molar-refractivity contribution in [2.45, 2.75) is 31.0 Å². The number of carboxylic acid groups (broad SMARTS) is 1. The van der Waals surface area contributed by atoms with Crippen molar-refractivity contribution in [3.63, 3.8) is 0 Å². The molecule has 7 heteroatoms. The van der Waals surface area contributed by atoms with Gasteiger partial charge in [-0.05, 0) is 20.8 Å². The van der Waals surface area contributed by atoms with Gasteiger partial charge in [-0.1, -0.05) is 0 Å². The van der Waals surface area contributed by atoms with Crippen LogP contribution in [0, 0.1) is 6.92 Å². The van der Waals surface area contributed by atoms with Crippen LogP contribution in [0.1, 0.15) is 28.5 Å². The summed E-state index contributed by atoms with van der Waals surface area (Å²) in [4.78, 5) is 14.4. The Kier molecular flexibility index (Phi) is 3.15. The molecule has 1 aromatic heterocycles. The van der Waals surface area contributed by atoms with Crippen LogP contribution in [0.25, 0.3) is 0 Å². The van der Waals surface area contributed by atoms with Gasteiger partial charge >= 0.3 is 5.97 Å². The fraction of sp³-hybridized carbons (Fsp3) is 0.500. The van der Waals surface area contributed by atoms with Crippen LogP contribution in [0.15, 0.2) is 5.03 Å². The Morgan fingerprint density at radius 2 is 2.00 bits per heavy atom. The molecule has 84 valence electrons. The molecule has 0 aromatic carbocycles. The van der Waals surface area contributed by atoms with Gasteiger partial charge in [0.2, 0.25) is 0 Å². The molecule has 0 saturated carbocycles. The van der Waals surface area contributed by atoms with Crippen LogP contribution in [-0.4, -0.2) is 29.7 Å². The van der Waals surface area contributed by atoms with Gasteiger partial charge in [0.25, 0.3) is 0 Å². The largest absolute Gasteiger partial charge is 0.477 e. The molecule has 0 saturated heterocycles. The fourth-order valence-electron chi connectivity index (χ4n) is 0.959. The van der Waals surface area contributed by atoms with Gasteiger partial charge in [0, 0.05) is 0 Å². The zero-order valence-corrected chi connectivity index (χ0v) is 10.1. The second kappa shape index (κ2) is 3.90. The van der Waals surface area contributed by atoms with Gasteiger partial charge in [0.1, 0.15) is 0 Å². The number of carbonyl (C=O) groups is 1. The van der Waals surface area contributed by atoms with E-state index in [9.17, 15) is 13.2 Å². The first-order valence-electron chi connectivity index (χ1n) is 4.21. The molecule has 0 atom stereocenters. The SMILES string of the molecule is Cc1nc(S(=O)(=O)C(C)C)c(C(=O)O)s1. The normalized spacial score (nSPS) is 12.0. The average Bonchev–Trinajstić information content (AvgIpc) is 2.47. The zero-order valence-electron chi connectivity index (χ0n) is 8.51. The molecular weight excluding hydrogens is 238 g/mol. The summed E-state index contributed by atoms with van der Waals surface area (Å²) < 4.78 is 23.5. The van der Waals surface area contributed by atoms with Gasteiger partial charge in [0.15, 0.2) is 19.7 Å². The van der Waals surface area contributed by atoms with E-state index in [1.165, 1.54) is 13.8 Å². The maximum Gasteiger partial charge on any atom is 0.348 e. The van der Waals surface area contributed by atoms with Gasteiger partial charge < -0.3 is 5.11 Å². The van der Waals surface area contributed by atoms with Crippen LogP contribution in [-0.2, 0) is 9.84 Å². The van der Waals surface area contributed by atoms with Crippen molar-refractivity contribution >= 4 is 27.1 Å². The van der Waals surface area contributed by atoms with Crippen LogP contribution in [0.5, 0.6) is 0 Å². The highest BCUT2D eigenvalue weighted by atomic mass is 32.2. The molecule has 0 radical (unpaired) electrons. The first-order chi connectivity index (χ1) is 6.76. The van der Waals surface area contributed by atoms with Crippen LogP contribution in [0.2, 0.25) is 0 Å². The molecule has 0 aliphatic heterocycles. The van der Waals surface area contributed by atoms with Crippen LogP contribution >= 0.6 is 11.3 Å². The molecule has 0 bridgehead atoms. The molecule has 1 heterocycles. The van der Waals surface area contributed by atoms with Crippen molar-refractivity contribution < 1.29 is 18.3 Å². The van der Waals surface area contributed by atoms with Crippen LogP contribution in [0.3, 0.4) is 0 Å². The summed E-state index contributed by atoms with van der Waals surface area (Å²) in [6.07, 6.45) is 0. The van der Waals surface area contributed by atoms with E-state index in [2.05, 4.69) is 4.98 Å². The topological polar surface area (TPSA) is 84.3 Å². The molecular formula is C8H11NO4S2. The second-order valence-corrected chi connectivity index (χ2v) is 6.89. The Hall–Kier alpha value is -0.950. The number of aryl methyl sites for hydroxylation is 1. The van der Waals surface area contributed by atoms with E-state index in [1.54, 1.807) is 6.92 Å². The Bertz CT molecular complexity index is 487. The molecule has 15 heavy (non-hydrogen) atoms. The summed E-state index contributed by atoms with van der Waals surface area (Å²) in [6.45, 7) is 4.57. The molecule has 1 N–H and O–H groups in total. The van der Waals surface area contributed by atoms with E-state index >= 15 is 0 Å². The maximum atomic E-state index is 11.8. The van der Waals surface area contributed by atoms with Crippen LogP contribution in [0.4, 0.5) is 0 Å². The molecule has 0 aliphatic carbocycles. The van der Waals surface area contributed by atoms with Gasteiger partial charge in [-0.3, -0.25) is 0 Å². The third-order valence-corrected chi connectivity index (χ3v) is 4.95. The molecule has 0 fully saturated rings. The minimum atomic E-state index is -3.61. The Labute approximate surface area is 91.7 Å². The molecule has 0 unspecified atom stereocenters. The van der Waals surface area contributed by atoms with E-state index in [1.807, 2.05) is 0 Å². The minimum Gasteiger partial charge on any atom is -0.477 e. The van der Waals surface area contributed by atoms with E-state index in [0.29, 0.717) is 5.01 Å². The summed E-state index contributed by atoms with van der Waals surface area (Å²) in [7, 11) is -3.61. The van der Waals surface area contributed by atoms with Crippen molar-refractivity contribution in [2.75, 3.05) is 0 Å². The van der Waals surface area contributed by atoms with Gasteiger partial charge in [-0.25, -0.2) is 18.2 Å². The number of aromatic nitrogens is 1. The maximum absolute atomic E-state index is 11.8. The monoisotopic (exact) mass is 249 g/mol. The second-order valence-electron chi connectivity index (χ2n) is 3.27. The van der Waals surface area contributed by atoms with Crippen molar-refractivity contribution in [3.05, 3.63) is 9.88 Å². The van der Waals surface area contributed by atoms with E-state index in [0.717, 1.165) is 11.3 Å². The highest BCUT2D eigenvalue weighted by molar-refractivity contribution is 7.92. The Morgan fingerprint density at radius 3 is 2.40 bits per heavy atom. The third-order valence-electron chi connectivity index (χ3n) is 1.79. The lowest BCUT2D eigenvalue weighted by molar-refractivity contribution is 0.0697. The standard InChI is InChI=1S/C8H11NO4S2/c1-4(2)15(12,13)7-6(8(10)11)14-5(3)9-7/h4H,1-3H3,(H,10,11). The molecule has 0 aliphatic rings. The predicted molar refractivity (Wildman–Crippen MR) is 56.1 cm³/mol. The quantitative estimate of drug-likeness (QED) is 0.873. The predicted octanol–water partition coefficient (Wildman–Crippen LogP) is 1.33. The number of sulfone groups is 1. The lowest BCUT2D eigenvalue weighted by Gasteiger charge is -2.04. The Balaban J connectivity index is 3.44. The minimum absolute atomic E-state index is 0.207. The third kappa shape index (κ3) is 2.18. The number of hydrogen-bond donors (Lipinski definition) is 1. The molecule has 5 nitrogen and oxygen atoms in total. The molecule has 0 spiro atoms. The lowest BCUT2D eigenvalue weighted by Crippen LogP contribution is -2.17. The number of rotatable bonds is 3. The summed E-state index contributed by atoms with van der Waals surface area (Å²) in [5, 5.41) is 8.28. The van der Waals surface area contributed by atoms with Crippen molar-refractivity contribution in [1.29, 1.82) is 0 Å². The summed E-state index contributed by atoms with van der Waals surface area (Å²) >= 11 is 0.877. The molecule has 1 rings (SSSR count). The van der Waals surface area contributed by atoms with Gasteiger partial charge in [-0.2, -0.15) is 0 Å². The number of thiazole rings is 1. The van der Waals surface area contributed by atoms with Crippen molar-refractivity contribution in [2.24, 2.45) is 0 Å². The smallest absolute Gasteiger partial charge is 0.348 e. The first-order valence-corrected chi connectivity index (χ1v) is 6.57.